The average Bonchev–Trinajstić information content (AvgIpc) is 3.01. The molecule has 2 aromatic rings. The number of aromatic nitrogens is 2. The predicted octanol–water partition coefficient (Wildman–Crippen LogP) is 1.02. The maximum absolute atomic E-state index is 11.9. The van der Waals surface area contributed by atoms with E-state index in [0.717, 1.165) is 11.3 Å². The van der Waals surface area contributed by atoms with Crippen LogP contribution < -0.4 is 11.1 Å². The molecule has 6 nitrogen and oxygen atoms in total. The van der Waals surface area contributed by atoms with E-state index in [1.165, 1.54) is 7.11 Å². The third kappa shape index (κ3) is 3.90. The number of imidazole rings is 1. The molecule has 0 saturated carbocycles. The van der Waals surface area contributed by atoms with E-state index in [1.54, 1.807) is 12.5 Å². The maximum atomic E-state index is 11.9. The van der Waals surface area contributed by atoms with Crippen molar-refractivity contribution in [1.82, 2.24) is 14.9 Å². The van der Waals surface area contributed by atoms with Gasteiger partial charge in [-0.25, -0.2) is 4.98 Å². The summed E-state index contributed by atoms with van der Waals surface area (Å²) in [7, 11) is 1.52. The third-order valence-corrected chi connectivity index (χ3v) is 3.21. The molecule has 3 N–H and O–H groups in total. The molecule has 1 heterocycles. The van der Waals surface area contributed by atoms with Gasteiger partial charge in [-0.2, -0.15) is 0 Å². The van der Waals surface area contributed by atoms with Crippen LogP contribution in [0.5, 0.6) is 0 Å². The first-order chi connectivity index (χ1) is 10.1. The number of nitrogens with zero attached hydrogens (tertiary/aromatic N) is 2. The van der Waals surface area contributed by atoms with Gasteiger partial charge in [-0.3, -0.25) is 4.79 Å². The van der Waals surface area contributed by atoms with Crippen molar-refractivity contribution in [2.24, 2.45) is 5.73 Å². The van der Waals surface area contributed by atoms with Gasteiger partial charge < -0.3 is 20.4 Å². The Morgan fingerprint density at radius 3 is 3.00 bits per heavy atom. The molecule has 2 atom stereocenters. The molecular formula is C15H20N4O2. The molecule has 2 rings (SSSR count). The lowest BCUT2D eigenvalue weighted by molar-refractivity contribution is -0.124. The Kier molecular flexibility index (Phi) is 5.08. The Labute approximate surface area is 123 Å². The van der Waals surface area contributed by atoms with E-state index in [9.17, 15) is 4.79 Å². The summed E-state index contributed by atoms with van der Waals surface area (Å²) in [4.78, 5) is 15.9. The Bertz CT molecular complexity index is 583. The molecule has 2 unspecified atom stereocenters. The number of amides is 1. The fraction of sp³-hybridized carbons (Fsp3) is 0.333. The lowest BCUT2D eigenvalue weighted by Gasteiger charge is -2.18. The number of carbonyl (C=O) groups is 1. The zero-order valence-electron chi connectivity index (χ0n) is 12.2. The molecule has 112 valence electrons. The van der Waals surface area contributed by atoms with E-state index < -0.39 is 6.04 Å². The number of carbonyl (C=O) groups excluding carboxylic acids is 1. The van der Waals surface area contributed by atoms with Crippen molar-refractivity contribution in [3.05, 3.63) is 48.5 Å². The van der Waals surface area contributed by atoms with Crippen molar-refractivity contribution in [2.45, 2.75) is 19.0 Å². The van der Waals surface area contributed by atoms with Crippen LogP contribution in [0.3, 0.4) is 0 Å². The first kappa shape index (κ1) is 15.2. The van der Waals surface area contributed by atoms with E-state index in [2.05, 4.69) is 10.3 Å². The fourth-order valence-electron chi connectivity index (χ4n) is 2.03. The molecule has 6 heteroatoms. The number of benzene rings is 1. The molecule has 1 aromatic carbocycles. The summed E-state index contributed by atoms with van der Waals surface area (Å²) in [5.41, 5.74) is 7.70. The summed E-state index contributed by atoms with van der Waals surface area (Å²) in [6, 6.07) is 7.11. The highest BCUT2D eigenvalue weighted by Crippen LogP contribution is 2.16. The molecule has 0 radical (unpaired) electrons. The summed E-state index contributed by atoms with van der Waals surface area (Å²) in [5.74, 6) is -0.225. The van der Waals surface area contributed by atoms with Crippen LogP contribution in [0.4, 0.5) is 0 Å². The molecular weight excluding hydrogens is 268 g/mol. The Morgan fingerprint density at radius 1 is 1.52 bits per heavy atom. The monoisotopic (exact) mass is 288 g/mol. The van der Waals surface area contributed by atoms with Crippen LogP contribution >= 0.6 is 0 Å². The van der Waals surface area contributed by atoms with Crippen LogP contribution in [-0.4, -0.2) is 35.2 Å². The summed E-state index contributed by atoms with van der Waals surface area (Å²) in [5, 5.41) is 2.88. The Balaban J connectivity index is 2.07. The molecule has 0 bridgehead atoms. The first-order valence-corrected chi connectivity index (χ1v) is 6.75. The van der Waals surface area contributed by atoms with Gasteiger partial charge in [0.2, 0.25) is 5.91 Å². The number of rotatable bonds is 6. The van der Waals surface area contributed by atoms with Gasteiger partial charge in [0, 0.05) is 25.2 Å². The molecule has 0 fully saturated rings. The Hall–Kier alpha value is -2.18. The first-order valence-electron chi connectivity index (χ1n) is 6.75. The third-order valence-electron chi connectivity index (χ3n) is 3.21. The van der Waals surface area contributed by atoms with Crippen LogP contribution in [0.2, 0.25) is 0 Å². The van der Waals surface area contributed by atoms with Gasteiger partial charge in [-0.05, 0) is 24.6 Å². The SMILES string of the molecule is COCC(N)C(=O)NC(C)c1cccc(-n2ccnc2)c1. The second-order valence-corrected chi connectivity index (χ2v) is 4.86. The largest absolute Gasteiger partial charge is 0.383 e. The van der Waals surface area contributed by atoms with Crippen LogP contribution in [0.25, 0.3) is 5.69 Å². The second kappa shape index (κ2) is 7.01. The van der Waals surface area contributed by atoms with Gasteiger partial charge >= 0.3 is 0 Å². The fourth-order valence-corrected chi connectivity index (χ4v) is 2.03. The summed E-state index contributed by atoms with van der Waals surface area (Å²) < 4.78 is 6.80. The Morgan fingerprint density at radius 2 is 2.33 bits per heavy atom. The highest BCUT2D eigenvalue weighted by molar-refractivity contribution is 5.82. The smallest absolute Gasteiger partial charge is 0.239 e. The standard InChI is InChI=1S/C15H20N4O2/c1-11(18-15(20)14(16)9-21-2)12-4-3-5-13(8-12)19-7-6-17-10-19/h3-8,10-11,14H,9,16H2,1-2H3,(H,18,20). The van der Waals surface area contributed by atoms with Crippen LogP contribution in [0, 0.1) is 0 Å². The maximum Gasteiger partial charge on any atom is 0.239 e. The molecule has 0 aliphatic rings. The topological polar surface area (TPSA) is 82.2 Å². The van der Waals surface area contributed by atoms with Crippen molar-refractivity contribution >= 4 is 5.91 Å². The minimum atomic E-state index is -0.658. The molecule has 0 spiro atoms. The highest BCUT2D eigenvalue weighted by Gasteiger charge is 2.16. The van der Waals surface area contributed by atoms with E-state index >= 15 is 0 Å². The minimum Gasteiger partial charge on any atom is -0.383 e. The molecule has 21 heavy (non-hydrogen) atoms. The number of hydrogen-bond acceptors (Lipinski definition) is 4. The van der Waals surface area contributed by atoms with Gasteiger partial charge in [0.15, 0.2) is 0 Å². The van der Waals surface area contributed by atoms with E-state index in [-0.39, 0.29) is 18.6 Å². The minimum absolute atomic E-state index is 0.135. The summed E-state index contributed by atoms with van der Waals surface area (Å²) in [6.45, 7) is 2.12. The molecule has 0 saturated heterocycles. The quantitative estimate of drug-likeness (QED) is 0.831. The number of hydrogen-bond donors (Lipinski definition) is 2. The molecule has 1 aromatic heterocycles. The summed E-state index contributed by atoms with van der Waals surface area (Å²) in [6.07, 6.45) is 5.33. The highest BCUT2D eigenvalue weighted by atomic mass is 16.5. The normalized spacial score (nSPS) is 13.7. The number of methoxy groups -OCH3 is 1. The van der Waals surface area contributed by atoms with Crippen molar-refractivity contribution in [1.29, 1.82) is 0 Å². The predicted molar refractivity (Wildman–Crippen MR) is 80.0 cm³/mol. The van der Waals surface area contributed by atoms with Crippen molar-refractivity contribution in [3.63, 3.8) is 0 Å². The zero-order chi connectivity index (χ0) is 15.2. The number of nitrogens with two attached hydrogens (primary N) is 1. The lowest BCUT2D eigenvalue weighted by Crippen LogP contribution is -2.44. The van der Waals surface area contributed by atoms with Gasteiger partial charge in [0.25, 0.3) is 0 Å². The van der Waals surface area contributed by atoms with E-state index in [4.69, 9.17) is 10.5 Å². The van der Waals surface area contributed by atoms with Gasteiger partial charge in [0.05, 0.1) is 19.0 Å². The van der Waals surface area contributed by atoms with Crippen molar-refractivity contribution in [3.8, 4) is 5.69 Å². The average molecular weight is 288 g/mol. The molecule has 0 aliphatic carbocycles. The van der Waals surface area contributed by atoms with Crippen molar-refractivity contribution < 1.29 is 9.53 Å². The summed E-state index contributed by atoms with van der Waals surface area (Å²) >= 11 is 0. The second-order valence-electron chi connectivity index (χ2n) is 4.86. The van der Waals surface area contributed by atoms with E-state index in [1.807, 2.05) is 42.0 Å². The lowest BCUT2D eigenvalue weighted by atomic mass is 10.1. The zero-order valence-corrected chi connectivity index (χ0v) is 12.2. The van der Waals surface area contributed by atoms with E-state index in [0.29, 0.717) is 0 Å². The van der Waals surface area contributed by atoms with Crippen LogP contribution in [0.15, 0.2) is 43.0 Å². The number of nitrogens with one attached hydrogen (secondary N) is 1. The van der Waals surface area contributed by atoms with Crippen LogP contribution in [0.1, 0.15) is 18.5 Å². The molecule has 1 amide bonds. The number of ether oxygens (including phenoxy) is 1. The van der Waals surface area contributed by atoms with Gasteiger partial charge in [-0.1, -0.05) is 12.1 Å². The van der Waals surface area contributed by atoms with Crippen molar-refractivity contribution in [2.75, 3.05) is 13.7 Å². The molecule has 0 aliphatic heterocycles. The van der Waals surface area contributed by atoms with Crippen LogP contribution in [-0.2, 0) is 9.53 Å². The van der Waals surface area contributed by atoms with Gasteiger partial charge in [0.1, 0.15) is 6.04 Å². The van der Waals surface area contributed by atoms with Gasteiger partial charge in [-0.15, -0.1) is 0 Å².